The van der Waals surface area contributed by atoms with Gasteiger partial charge >= 0.3 is 0 Å². The molecule has 88 valence electrons. The summed E-state index contributed by atoms with van der Waals surface area (Å²) in [6, 6.07) is 0.780. The Morgan fingerprint density at radius 1 is 1.07 bits per heavy atom. The molecule has 2 saturated heterocycles. The van der Waals surface area contributed by atoms with Gasteiger partial charge in [0.05, 0.1) is 0 Å². The lowest BCUT2D eigenvalue weighted by Crippen LogP contribution is -2.60. The Labute approximate surface area is 105 Å². The Morgan fingerprint density at radius 3 is 2.50 bits per heavy atom. The fourth-order valence-corrected chi connectivity index (χ4v) is 2.03. The summed E-state index contributed by atoms with van der Waals surface area (Å²) in [6.45, 7) is 7.37. The maximum atomic E-state index is 3.44. The molecule has 0 spiro atoms. The number of rotatable bonds is 0. The number of likely N-dealkylation sites (N-methyl/N-ethyl adjacent to an activating group) is 1. The smallest absolute Gasteiger partial charge is 0.0348 e. The van der Waals surface area contributed by atoms with E-state index in [9.17, 15) is 0 Å². The molecule has 2 aliphatic rings. The van der Waals surface area contributed by atoms with Crippen LogP contribution in [-0.4, -0.2) is 62.2 Å². The van der Waals surface area contributed by atoms with Crippen molar-refractivity contribution in [2.45, 2.75) is 6.04 Å². The lowest BCUT2D eigenvalue weighted by Gasteiger charge is -2.43. The molecule has 2 heterocycles. The van der Waals surface area contributed by atoms with E-state index in [2.05, 4.69) is 22.2 Å². The largest absolute Gasteiger partial charge is 0.314 e. The van der Waals surface area contributed by atoms with Gasteiger partial charge in [-0.2, -0.15) is 0 Å². The fraction of sp³-hybridized carbons (Fsp3) is 1.00. The number of hydrogen-bond donors (Lipinski definition) is 1. The van der Waals surface area contributed by atoms with E-state index in [1.165, 1.54) is 39.3 Å². The van der Waals surface area contributed by atoms with Gasteiger partial charge in [-0.25, -0.2) is 0 Å². The highest BCUT2D eigenvalue weighted by Gasteiger charge is 2.26. The Morgan fingerprint density at radius 2 is 1.79 bits per heavy atom. The quantitative estimate of drug-likeness (QED) is 0.686. The minimum Gasteiger partial charge on any atom is -0.314 e. The third-order valence-electron chi connectivity index (χ3n) is 2.76. The summed E-state index contributed by atoms with van der Waals surface area (Å²) in [5.41, 5.74) is 0. The predicted octanol–water partition coefficient (Wildman–Crippen LogP) is 0.471. The second-order valence-corrected chi connectivity index (χ2v) is 3.66. The van der Waals surface area contributed by atoms with Crippen LogP contribution < -0.4 is 5.32 Å². The van der Waals surface area contributed by atoms with Crippen LogP contribution in [-0.2, 0) is 0 Å². The standard InChI is InChI=1S/C8H17N3.3ClH/c1-10-4-5-11-3-2-9-6-8(11)7-10;;;/h8-9H,2-7H2,1H3;3*1H. The summed E-state index contributed by atoms with van der Waals surface area (Å²) in [5, 5.41) is 3.44. The minimum absolute atomic E-state index is 0. The normalized spacial score (nSPS) is 27.6. The van der Waals surface area contributed by atoms with Crippen molar-refractivity contribution in [2.24, 2.45) is 0 Å². The van der Waals surface area contributed by atoms with Crippen LogP contribution in [0.4, 0.5) is 0 Å². The van der Waals surface area contributed by atoms with Crippen LogP contribution >= 0.6 is 37.2 Å². The first-order valence-corrected chi connectivity index (χ1v) is 4.49. The summed E-state index contributed by atoms with van der Waals surface area (Å²) < 4.78 is 0. The average Bonchev–Trinajstić information content (AvgIpc) is 2.04. The van der Waals surface area contributed by atoms with Crippen LogP contribution in [0.25, 0.3) is 0 Å². The molecule has 0 aromatic heterocycles. The molecule has 6 heteroatoms. The van der Waals surface area contributed by atoms with Crippen LogP contribution in [0.5, 0.6) is 0 Å². The molecule has 2 rings (SSSR count). The fourth-order valence-electron chi connectivity index (χ4n) is 2.03. The number of fused-ring (bicyclic) bond motifs is 1. The van der Waals surface area contributed by atoms with E-state index < -0.39 is 0 Å². The number of hydrogen-bond acceptors (Lipinski definition) is 3. The van der Waals surface area contributed by atoms with Gasteiger partial charge in [0.25, 0.3) is 0 Å². The highest BCUT2D eigenvalue weighted by Crippen LogP contribution is 2.09. The molecule has 0 bridgehead atoms. The zero-order chi connectivity index (χ0) is 7.68. The topological polar surface area (TPSA) is 18.5 Å². The van der Waals surface area contributed by atoms with E-state index in [0.29, 0.717) is 0 Å². The van der Waals surface area contributed by atoms with Gasteiger partial charge in [-0.1, -0.05) is 0 Å². The molecule has 2 fully saturated rings. The van der Waals surface area contributed by atoms with Crippen LogP contribution in [0, 0.1) is 0 Å². The third-order valence-corrected chi connectivity index (χ3v) is 2.76. The van der Waals surface area contributed by atoms with Gasteiger partial charge in [0.1, 0.15) is 0 Å². The van der Waals surface area contributed by atoms with Crippen molar-refractivity contribution in [3.63, 3.8) is 0 Å². The van der Waals surface area contributed by atoms with E-state index in [-0.39, 0.29) is 37.2 Å². The lowest BCUT2D eigenvalue weighted by molar-refractivity contribution is 0.0716. The molecule has 1 unspecified atom stereocenters. The first-order valence-electron chi connectivity index (χ1n) is 4.49. The Balaban J connectivity index is 0. The first-order chi connectivity index (χ1) is 5.36. The molecular formula is C8H20Cl3N3. The van der Waals surface area contributed by atoms with Crippen LogP contribution in [0.1, 0.15) is 0 Å². The zero-order valence-corrected chi connectivity index (χ0v) is 10.9. The summed E-state index contributed by atoms with van der Waals surface area (Å²) >= 11 is 0. The predicted molar refractivity (Wildman–Crippen MR) is 67.5 cm³/mol. The number of halogens is 3. The van der Waals surface area contributed by atoms with Crippen molar-refractivity contribution in [2.75, 3.05) is 46.3 Å². The number of nitrogens with zero attached hydrogens (tertiary/aromatic N) is 2. The lowest BCUT2D eigenvalue weighted by atomic mass is 10.1. The molecule has 0 aromatic rings. The SMILES string of the molecule is CN1CCN2CCNCC2C1.Cl.Cl.Cl. The van der Waals surface area contributed by atoms with Gasteiger partial charge in [-0.05, 0) is 7.05 Å². The highest BCUT2D eigenvalue weighted by molar-refractivity contribution is 5.86. The monoisotopic (exact) mass is 263 g/mol. The van der Waals surface area contributed by atoms with Crippen molar-refractivity contribution in [1.29, 1.82) is 0 Å². The number of nitrogens with one attached hydrogen (secondary N) is 1. The molecule has 3 nitrogen and oxygen atoms in total. The highest BCUT2D eigenvalue weighted by atomic mass is 35.5. The molecule has 14 heavy (non-hydrogen) atoms. The molecule has 0 amide bonds. The molecule has 1 N–H and O–H groups in total. The molecule has 1 atom stereocenters. The van der Waals surface area contributed by atoms with Gasteiger partial charge in [-0.15, -0.1) is 37.2 Å². The maximum Gasteiger partial charge on any atom is 0.0348 e. The van der Waals surface area contributed by atoms with Gasteiger partial charge in [-0.3, -0.25) is 4.90 Å². The van der Waals surface area contributed by atoms with Gasteiger partial charge in [0.15, 0.2) is 0 Å². The summed E-state index contributed by atoms with van der Waals surface area (Å²) in [6.07, 6.45) is 0. The molecule has 0 saturated carbocycles. The van der Waals surface area contributed by atoms with E-state index in [1.807, 2.05) is 0 Å². The molecule has 0 aromatic carbocycles. The van der Waals surface area contributed by atoms with Crippen molar-refractivity contribution in [3.8, 4) is 0 Å². The number of piperazine rings is 2. The molecular weight excluding hydrogens is 244 g/mol. The second kappa shape index (κ2) is 7.97. The molecule has 2 aliphatic heterocycles. The van der Waals surface area contributed by atoms with E-state index in [4.69, 9.17) is 0 Å². The minimum atomic E-state index is 0. The summed E-state index contributed by atoms with van der Waals surface area (Å²) in [7, 11) is 2.21. The molecule has 0 aliphatic carbocycles. The van der Waals surface area contributed by atoms with Crippen molar-refractivity contribution in [1.82, 2.24) is 15.1 Å². The Kier molecular flexibility index (Phi) is 9.76. The van der Waals surface area contributed by atoms with Crippen molar-refractivity contribution >= 4 is 37.2 Å². The third kappa shape index (κ3) is 4.09. The average molecular weight is 265 g/mol. The zero-order valence-electron chi connectivity index (χ0n) is 8.44. The van der Waals surface area contributed by atoms with Gasteiger partial charge in [0, 0.05) is 45.3 Å². The van der Waals surface area contributed by atoms with Crippen LogP contribution in [0.2, 0.25) is 0 Å². The summed E-state index contributed by atoms with van der Waals surface area (Å²) in [4.78, 5) is 5.03. The summed E-state index contributed by atoms with van der Waals surface area (Å²) in [5.74, 6) is 0. The van der Waals surface area contributed by atoms with Gasteiger partial charge in [0.2, 0.25) is 0 Å². The van der Waals surface area contributed by atoms with Crippen LogP contribution in [0.3, 0.4) is 0 Å². The van der Waals surface area contributed by atoms with E-state index in [0.717, 1.165) is 6.04 Å². The van der Waals surface area contributed by atoms with Gasteiger partial charge < -0.3 is 10.2 Å². The van der Waals surface area contributed by atoms with Crippen molar-refractivity contribution in [3.05, 3.63) is 0 Å². The second-order valence-electron chi connectivity index (χ2n) is 3.66. The van der Waals surface area contributed by atoms with E-state index in [1.54, 1.807) is 0 Å². The Bertz CT molecular complexity index is 148. The Hall–Kier alpha value is 0.750. The van der Waals surface area contributed by atoms with E-state index >= 15 is 0 Å². The maximum absolute atomic E-state index is 3.44. The van der Waals surface area contributed by atoms with Crippen molar-refractivity contribution < 1.29 is 0 Å². The molecule has 0 radical (unpaired) electrons. The first kappa shape index (κ1) is 17.2. The van der Waals surface area contributed by atoms with Crippen LogP contribution in [0.15, 0.2) is 0 Å².